The molecule has 0 atom stereocenters. The molecule has 4 nitrogen and oxygen atoms in total. The number of carbonyl (C=O) groups excluding carboxylic acids is 1. The zero-order chi connectivity index (χ0) is 14.5. The number of aryl methyl sites for hydroxylation is 1. The van der Waals surface area contributed by atoms with Crippen molar-refractivity contribution in [2.24, 2.45) is 0 Å². The van der Waals surface area contributed by atoms with Crippen LogP contribution in [0.25, 0.3) is 0 Å². The maximum atomic E-state index is 12.1. The Hall–Kier alpha value is -1.40. The van der Waals surface area contributed by atoms with E-state index in [-0.39, 0.29) is 5.91 Å². The smallest absolute Gasteiger partial charge is 0.251 e. The number of nitrogen functional groups attached to an aromatic ring is 1. The molecule has 0 aliphatic carbocycles. The Kier molecular flexibility index (Phi) is 5.14. The molecule has 2 aromatic rings. The summed E-state index contributed by atoms with van der Waals surface area (Å²) in [6, 6.07) is 7.46. The van der Waals surface area contributed by atoms with Crippen LogP contribution in [0.2, 0.25) is 0 Å². The highest BCUT2D eigenvalue weighted by Crippen LogP contribution is 2.22. The molecule has 0 saturated heterocycles. The van der Waals surface area contributed by atoms with Crippen LogP contribution < -0.4 is 11.1 Å². The van der Waals surface area contributed by atoms with Gasteiger partial charge >= 0.3 is 0 Å². The normalized spacial score (nSPS) is 10.5. The van der Waals surface area contributed by atoms with E-state index in [1.807, 2.05) is 13.0 Å². The van der Waals surface area contributed by atoms with Crippen LogP contribution in [0.4, 0.5) is 5.82 Å². The maximum absolute atomic E-state index is 12.1. The number of hydrogen-bond donors (Lipinski definition) is 2. The predicted molar refractivity (Wildman–Crippen MR) is 86.1 cm³/mol. The number of thiophene rings is 1. The standard InChI is InChI=1S/C14H16BrN3OS/c1-2-10-7-9(8-13(16)18-10)14(19)17-6-5-11-3-4-12(15)20-11/h3-4,7-8H,2,5-6H2,1H3,(H2,16,18)(H,17,19). The van der Waals surface area contributed by atoms with Crippen LogP contribution in [0.1, 0.15) is 27.9 Å². The highest BCUT2D eigenvalue weighted by Gasteiger charge is 2.08. The summed E-state index contributed by atoms with van der Waals surface area (Å²) in [6.45, 7) is 2.59. The van der Waals surface area contributed by atoms with E-state index < -0.39 is 0 Å². The third kappa shape index (κ3) is 4.05. The first kappa shape index (κ1) is 15.0. The minimum atomic E-state index is -0.107. The molecule has 0 aliphatic heterocycles. The van der Waals surface area contributed by atoms with Crippen LogP contribution in [0.15, 0.2) is 28.1 Å². The highest BCUT2D eigenvalue weighted by molar-refractivity contribution is 9.11. The van der Waals surface area contributed by atoms with Crippen molar-refractivity contribution in [1.29, 1.82) is 0 Å². The second kappa shape index (κ2) is 6.85. The molecule has 2 rings (SSSR count). The molecule has 2 heterocycles. The van der Waals surface area contributed by atoms with Crippen LogP contribution in [-0.4, -0.2) is 17.4 Å². The van der Waals surface area contributed by atoms with Crippen LogP contribution >= 0.6 is 27.3 Å². The minimum Gasteiger partial charge on any atom is -0.384 e. The first-order valence-electron chi connectivity index (χ1n) is 6.37. The van der Waals surface area contributed by atoms with Crippen LogP contribution in [0.5, 0.6) is 0 Å². The molecule has 0 aromatic carbocycles. The summed E-state index contributed by atoms with van der Waals surface area (Å²) in [5, 5.41) is 2.90. The van der Waals surface area contributed by atoms with Crippen molar-refractivity contribution in [2.75, 3.05) is 12.3 Å². The number of nitrogens with two attached hydrogens (primary N) is 1. The number of anilines is 1. The Labute approximate surface area is 130 Å². The van der Waals surface area contributed by atoms with Crippen molar-refractivity contribution >= 4 is 39.0 Å². The average molecular weight is 354 g/mol. The van der Waals surface area contributed by atoms with Gasteiger partial charge in [-0.25, -0.2) is 4.98 Å². The summed E-state index contributed by atoms with van der Waals surface area (Å²) >= 11 is 5.10. The van der Waals surface area contributed by atoms with Gasteiger partial charge in [-0.3, -0.25) is 4.79 Å². The lowest BCUT2D eigenvalue weighted by atomic mass is 10.2. The zero-order valence-corrected chi connectivity index (χ0v) is 13.6. The van der Waals surface area contributed by atoms with Gasteiger partial charge in [0.1, 0.15) is 5.82 Å². The van der Waals surface area contributed by atoms with E-state index in [4.69, 9.17) is 5.73 Å². The van der Waals surface area contributed by atoms with Crippen LogP contribution in [0, 0.1) is 0 Å². The number of halogens is 1. The van der Waals surface area contributed by atoms with E-state index in [0.29, 0.717) is 17.9 Å². The van der Waals surface area contributed by atoms with Gasteiger partial charge in [0.15, 0.2) is 0 Å². The monoisotopic (exact) mass is 353 g/mol. The van der Waals surface area contributed by atoms with Crippen LogP contribution in [-0.2, 0) is 12.8 Å². The summed E-state index contributed by atoms with van der Waals surface area (Å²) in [6.07, 6.45) is 1.58. The third-order valence-corrected chi connectivity index (χ3v) is 4.49. The molecule has 6 heteroatoms. The van der Waals surface area contributed by atoms with Gasteiger partial charge in [0.2, 0.25) is 0 Å². The van der Waals surface area contributed by atoms with Gasteiger partial charge in [-0.15, -0.1) is 11.3 Å². The molecule has 0 aliphatic rings. The SMILES string of the molecule is CCc1cc(C(=O)NCCc2ccc(Br)s2)cc(N)n1. The van der Waals surface area contributed by atoms with Crippen molar-refractivity contribution in [2.45, 2.75) is 19.8 Å². The lowest BCUT2D eigenvalue weighted by Gasteiger charge is -2.06. The van der Waals surface area contributed by atoms with Gasteiger partial charge in [0.05, 0.1) is 3.79 Å². The van der Waals surface area contributed by atoms with E-state index >= 15 is 0 Å². The molecule has 2 aromatic heterocycles. The first-order valence-corrected chi connectivity index (χ1v) is 7.98. The van der Waals surface area contributed by atoms with Gasteiger partial charge in [0.25, 0.3) is 5.91 Å². The molecule has 0 bridgehead atoms. The number of amides is 1. The molecule has 3 N–H and O–H groups in total. The van der Waals surface area contributed by atoms with Crippen molar-refractivity contribution in [3.05, 3.63) is 44.2 Å². The Balaban J connectivity index is 1.93. The number of aromatic nitrogens is 1. The molecule has 106 valence electrons. The number of nitrogens with one attached hydrogen (secondary N) is 1. The fourth-order valence-electron chi connectivity index (χ4n) is 1.81. The summed E-state index contributed by atoms with van der Waals surface area (Å²) in [4.78, 5) is 17.5. The minimum absolute atomic E-state index is 0.107. The first-order chi connectivity index (χ1) is 9.58. The lowest BCUT2D eigenvalue weighted by molar-refractivity contribution is 0.0954. The molecular formula is C14H16BrN3OS. The van der Waals surface area contributed by atoms with Gasteiger partial charge in [-0.2, -0.15) is 0 Å². The molecule has 1 amide bonds. The predicted octanol–water partition coefficient (Wildman–Crippen LogP) is 3.02. The van der Waals surface area contributed by atoms with Crippen molar-refractivity contribution < 1.29 is 4.79 Å². The van der Waals surface area contributed by atoms with Gasteiger partial charge in [0, 0.05) is 22.7 Å². The molecule has 20 heavy (non-hydrogen) atoms. The molecule has 0 fully saturated rings. The highest BCUT2D eigenvalue weighted by atomic mass is 79.9. The summed E-state index contributed by atoms with van der Waals surface area (Å²) in [5.74, 6) is 0.279. The number of pyridine rings is 1. The molecule has 0 radical (unpaired) electrons. The maximum Gasteiger partial charge on any atom is 0.251 e. The van der Waals surface area contributed by atoms with Crippen molar-refractivity contribution in [3.8, 4) is 0 Å². The summed E-state index contributed by atoms with van der Waals surface area (Å²) in [5.41, 5.74) is 7.10. The van der Waals surface area contributed by atoms with Crippen LogP contribution in [0.3, 0.4) is 0 Å². The number of hydrogen-bond acceptors (Lipinski definition) is 4. The zero-order valence-electron chi connectivity index (χ0n) is 11.1. The molecular weight excluding hydrogens is 338 g/mol. The Morgan fingerprint density at radius 1 is 1.45 bits per heavy atom. The summed E-state index contributed by atoms with van der Waals surface area (Å²) in [7, 11) is 0. The Bertz CT molecular complexity index is 612. The number of nitrogens with zero attached hydrogens (tertiary/aromatic N) is 1. The van der Waals surface area contributed by atoms with Crippen molar-refractivity contribution in [3.63, 3.8) is 0 Å². The van der Waals surface area contributed by atoms with Gasteiger partial charge < -0.3 is 11.1 Å². The number of carbonyl (C=O) groups is 1. The molecule has 0 saturated carbocycles. The number of rotatable bonds is 5. The Morgan fingerprint density at radius 3 is 2.90 bits per heavy atom. The summed E-state index contributed by atoms with van der Waals surface area (Å²) < 4.78 is 1.10. The average Bonchev–Trinajstić information content (AvgIpc) is 2.83. The van der Waals surface area contributed by atoms with E-state index in [1.54, 1.807) is 23.5 Å². The van der Waals surface area contributed by atoms with Crippen molar-refractivity contribution in [1.82, 2.24) is 10.3 Å². The van der Waals surface area contributed by atoms with E-state index in [1.165, 1.54) is 4.88 Å². The fourth-order valence-corrected chi connectivity index (χ4v) is 3.29. The second-order valence-corrected chi connectivity index (χ2v) is 6.88. The fraction of sp³-hybridized carbons (Fsp3) is 0.286. The second-order valence-electron chi connectivity index (χ2n) is 4.34. The van der Waals surface area contributed by atoms with Gasteiger partial charge in [-0.1, -0.05) is 6.92 Å². The molecule has 0 spiro atoms. The third-order valence-electron chi connectivity index (χ3n) is 2.81. The van der Waals surface area contributed by atoms with E-state index in [9.17, 15) is 4.79 Å². The Morgan fingerprint density at radius 2 is 2.25 bits per heavy atom. The van der Waals surface area contributed by atoms with E-state index in [0.717, 1.165) is 22.3 Å². The lowest BCUT2D eigenvalue weighted by Crippen LogP contribution is -2.25. The quantitative estimate of drug-likeness (QED) is 0.867. The van der Waals surface area contributed by atoms with Gasteiger partial charge in [-0.05, 0) is 53.0 Å². The molecule has 0 unspecified atom stereocenters. The topological polar surface area (TPSA) is 68.0 Å². The van der Waals surface area contributed by atoms with E-state index in [2.05, 4.69) is 32.3 Å². The largest absolute Gasteiger partial charge is 0.384 e.